The van der Waals surface area contributed by atoms with Crippen LogP contribution in [0.5, 0.6) is 0 Å². The molecule has 64 heavy (non-hydrogen) atoms. The highest BCUT2D eigenvalue weighted by Crippen LogP contribution is 2.39. The molecule has 19 heteroatoms. The molecule has 0 aliphatic carbocycles. The topological polar surface area (TPSA) is 242 Å². The number of aliphatic hydroxyl groups is 3. The van der Waals surface area contributed by atoms with E-state index in [4.69, 9.17) is 23.8 Å². The lowest BCUT2D eigenvalue weighted by Crippen LogP contribution is -2.60. The first-order valence-corrected chi connectivity index (χ1v) is 22.7. The molecule has 3 saturated heterocycles. The minimum Gasteiger partial charge on any atom is -0.459 e. The number of non-ortho nitro benzene ring substituents is 1. The van der Waals surface area contributed by atoms with Crippen molar-refractivity contribution < 1.29 is 53.6 Å². The number of likely N-dealkylation sites (N-methyl/N-ethyl adjacent to an activating group) is 1. The fourth-order valence-electron chi connectivity index (χ4n) is 9.44. The fourth-order valence-corrected chi connectivity index (χ4v) is 9.44. The van der Waals surface area contributed by atoms with Crippen molar-refractivity contribution in [3.05, 3.63) is 51.8 Å². The molecular formula is C45H71N7O12. The van der Waals surface area contributed by atoms with Crippen molar-refractivity contribution in [1.29, 1.82) is 0 Å². The Morgan fingerprint density at radius 2 is 1.80 bits per heavy atom. The van der Waals surface area contributed by atoms with Gasteiger partial charge < -0.3 is 49.3 Å². The molecule has 0 bridgehead atoms. The summed E-state index contributed by atoms with van der Waals surface area (Å²) in [5.41, 5.74) is -1.01. The molecule has 19 nitrogen and oxygen atoms in total. The van der Waals surface area contributed by atoms with Gasteiger partial charge >= 0.3 is 5.97 Å². The van der Waals surface area contributed by atoms with Crippen LogP contribution in [0.15, 0.2) is 35.6 Å². The van der Waals surface area contributed by atoms with E-state index < -0.39 is 88.3 Å². The largest absolute Gasteiger partial charge is 0.459 e. The minimum absolute atomic E-state index is 0.0397. The smallest absolute Gasteiger partial charge is 0.316 e. The Morgan fingerprint density at radius 3 is 2.42 bits per heavy atom. The van der Waals surface area contributed by atoms with Crippen LogP contribution in [0.2, 0.25) is 0 Å². The monoisotopic (exact) mass is 902 g/mol. The number of nitro groups is 1. The zero-order valence-corrected chi connectivity index (χ0v) is 39.1. The number of Topliss-reactive ketones (excluding diaryl/α,β-unsaturated/α-hetero) is 1. The molecule has 3 aliphatic heterocycles. The molecular weight excluding hydrogens is 831 g/mol. The van der Waals surface area contributed by atoms with E-state index in [-0.39, 0.29) is 30.7 Å². The van der Waals surface area contributed by atoms with Crippen molar-refractivity contribution in [2.45, 2.75) is 161 Å². The van der Waals surface area contributed by atoms with Crippen molar-refractivity contribution >= 4 is 23.2 Å². The SMILES string of the molecule is CC[C@H]1OC(=O)[C@H](C)C(=O)[C@H](C)[C@@H](O[C@@H]2O[C@H](C)C[C@H](N(C)CCc3cn(CCc4ccc([N+](=O)[O-])cc4)nn3)[C@H]2O)[C@](C)(OC)C[C@@H](C)C(=NO[C@@H]2CCNC2)[C@H](C)[C@@H](O)[C@]1(C)O. The molecule has 14 atom stereocenters. The number of hydrogen-bond donors (Lipinski definition) is 4. The summed E-state index contributed by atoms with van der Waals surface area (Å²) < 4.78 is 27.0. The Balaban J connectivity index is 1.37. The zero-order valence-electron chi connectivity index (χ0n) is 39.1. The average molecular weight is 902 g/mol. The van der Waals surface area contributed by atoms with Gasteiger partial charge in [-0.3, -0.25) is 24.4 Å². The van der Waals surface area contributed by atoms with E-state index in [2.05, 4.69) is 20.8 Å². The molecule has 358 valence electrons. The summed E-state index contributed by atoms with van der Waals surface area (Å²) in [5, 5.41) is 63.2. The van der Waals surface area contributed by atoms with E-state index in [9.17, 15) is 35.0 Å². The molecule has 0 saturated carbocycles. The Bertz CT molecular complexity index is 1890. The summed E-state index contributed by atoms with van der Waals surface area (Å²) in [4.78, 5) is 46.7. The van der Waals surface area contributed by atoms with E-state index in [0.29, 0.717) is 44.6 Å². The number of aliphatic hydroxyl groups excluding tert-OH is 2. The van der Waals surface area contributed by atoms with Crippen molar-refractivity contribution in [3.8, 4) is 0 Å². The number of nitrogens with zero attached hydrogens (tertiary/aromatic N) is 6. The molecule has 0 unspecified atom stereocenters. The summed E-state index contributed by atoms with van der Waals surface area (Å²) >= 11 is 0. The molecule has 4 heterocycles. The van der Waals surface area contributed by atoms with Crippen molar-refractivity contribution in [3.63, 3.8) is 0 Å². The first-order valence-electron chi connectivity index (χ1n) is 22.7. The molecule has 5 rings (SSSR count). The van der Waals surface area contributed by atoms with Gasteiger partial charge in [0.1, 0.15) is 29.8 Å². The highest BCUT2D eigenvalue weighted by Gasteiger charge is 2.52. The fraction of sp³-hybridized carbons (Fsp3) is 0.756. The number of oxime groups is 1. The molecule has 3 fully saturated rings. The maximum absolute atomic E-state index is 14.4. The number of carbonyl (C=O) groups excluding carboxylic acids is 2. The summed E-state index contributed by atoms with van der Waals surface area (Å²) in [7, 11) is 3.42. The number of ketones is 1. The molecule has 1 aromatic carbocycles. The third-order valence-corrected chi connectivity index (χ3v) is 13.7. The third kappa shape index (κ3) is 12.1. The van der Waals surface area contributed by atoms with E-state index in [0.717, 1.165) is 24.2 Å². The molecule has 4 N–H and O–H groups in total. The number of benzene rings is 1. The van der Waals surface area contributed by atoms with E-state index in [1.165, 1.54) is 33.1 Å². The number of nitrogens with one attached hydrogen (secondary N) is 1. The standard InChI is InChI=1S/C45H71N7O12/c1-11-36-45(8,57)40(55)28(4)37(48-64-34-16-19-46-24-34)26(2)23-44(7,60-10)41(29(5)38(53)30(6)42(56)62-36)63-43-39(54)35(22-27(3)61-43)50(9)20-18-32-25-51(49-47-32)21-17-31-12-14-33(15-13-31)52(58)59/h12-15,25-30,34-36,39-41,43,46,54-55,57H,11,16-24H2,1-10H3/t26-,27-,28+,29+,30-,34-,35+,36-,39-,40-,41-,43+,44-,45-/m1/s1. The number of hydrogen-bond acceptors (Lipinski definition) is 17. The number of carbonyl (C=O) groups is 2. The second-order valence-corrected chi connectivity index (χ2v) is 18.6. The molecule has 3 aliphatic rings. The number of aryl methyl sites for hydroxylation is 2. The number of cyclic esters (lactones) is 1. The van der Waals surface area contributed by atoms with Crippen molar-refractivity contribution in [2.24, 2.45) is 28.8 Å². The predicted octanol–water partition coefficient (Wildman–Crippen LogP) is 3.24. The quantitative estimate of drug-likeness (QED) is 0.0921. The Hall–Kier alpha value is -3.95. The van der Waals surface area contributed by atoms with E-state index in [1.807, 2.05) is 32.0 Å². The maximum Gasteiger partial charge on any atom is 0.316 e. The van der Waals surface area contributed by atoms with Crippen molar-refractivity contribution in [1.82, 2.24) is 25.2 Å². The summed E-state index contributed by atoms with van der Waals surface area (Å²) in [6.07, 6.45) is -1.98. The van der Waals surface area contributed by atoms with Crippen molar-refractivity contribution in [2.75, 3.05) is 33.8 Å². The van der Waals surface area contributed by atoms with Gasteiger partial charge in [-0.15, -0.1) is 5.10 Å². The van der Waals surface area contributed by atoms with Gasteiger partial charge in [0.2, 0.25) is 0 Å². The number of methoxy groups -OCH3 is 1. The molecule has 0 spiro atoms. The van der Waals surface area contributed by atoms with Crippen LogP contribution in [0.1, 0.15) is 92.3 Å². The Morgan fingerprint density at radius 1 is 1.09 bits per heavy atom. The number of rotatable bonds is 14. The normalized spacial score (nSPS) is 36.5. The van der Waals surface area contributed by atoms with Crippen LogP contribution >= 0.6 is 0 Å². The average Bonchev–Trinajstić information content (AvgIpc) is 3.98. The summed E-state index contributed by atoms with van der Waals surface area (Å²) in [6.45, 7) is 16.1. The van der Waals surface area contributed by atoms with Crippen LogP contribution in [0, 0.1) is 33.8 Å². The Kier molecular flexibility index (Phi) is 17.6. The van der Waals surface area contributed by atoms with Gasteiger partial charge in [0.25, 0.3) is 5.69 Å². The first-order chi connectivity index (χ1) is 30.2. The molecule has 0 amide bonds. The zero-order chi connectivity index (χ0) is 47.1. The van der Waals surface area contributed by atoms with Gasteiger partial charge in [-0.25, -0.2) is 0 Å². The maximum atomic E-state index is 14.4. The highest BCUT2D eigenvalue weighted by molar-refractivity contribution is 6.00. The van der Waals surface area contributed by atoms with Crippen LogP contribution in [0.4, 0.5) is 5.69 Å². The van der Waals surface area contributed by atoms with E-state index in [1.54, 1.807) is 44.5 Å². The number of aromatic nitrogens is 3. The predicted molar refractivity (Wildman–Crippen MR) is 235 cm³/mol. The summed E-state index contributed by atoms with van der Waals surface area (Å²) in [5.74, 6) is -4.86. The van der Waals surface area contributed by atoms with Crippen LogP contribution in [-0.2, 0) is 52.8 Å². The second kappa shape index (κ2) is 22.0. The Labute approximate surface area is 376 Å². The van der Waals surface area contributed by atoms with Crippen LogP contribution in [0.25, 0.3) is 0 Å². The van der Waals surface area contributed by atoms with Crippen LogP contribution in [-0.4, -0.2) is 152 Å². The van der Waals surface area contributed by atoms with Gasteiger partial charge in [0, 0.05) is 81.7 Å². The first kappa shape index (κ1) is 51.0. The lowest BCUT2D eigenvalue weighted by atomic mass is 9.74. The lowest BCUT2D eigenvalue weighted by Gasteiger charge is -2.47. The summed E-state index contributed by atoms with van der Waals surface area (Å²) in [6, 6.07) is 6.01. The second-order valence-electron chi connectivity index (χ2n) is 18.6. The van der Waals surface area contributed by atoms with Gasteiger partial charge in [0.05, 0.1) is 40.2 Å². The molecule has 2 aromatic rings. The highest BCUT2D eigenvalue weighted by atomic mass is 16.7. The van der Waals surface area contributed by atoms with Gasteiger partial charge in [0.15, 0.2) is 12.1 Å². The number of nitro benzene ring substituents is 1. The molecule has 0 radical (unpaired) electrons. The van der Waals surface area contributed by atoms with Gasteiger partial charge in [-0.05, 0) is 72.5 Å². The molecule has 1 aromatic heterocycles. The lowest BCUT2D eigenvalue weighted by molar-refractivity contribution is -0.384. The third-order valence-electron chi connectivity index (χ3n) is 13.7. The van der Waals surface area contributed by atoms with Gasteiger partial charge in [-0.2, -0.15) is 0 Å². The number of esters is 1. The van der Waals surface area contributed by atoms with E-state index >= 15 is 0 Å². The minimum atomic E-state index is -1.92. The van der Waals surface area contributed by atoms with Crippen LogP contribution < -0.4 is 5.32 Å². The van der Waals surface area contributed by atoms with Crippen LogP contribution in [0.3, 0.4) is 0 Å². The number of ether oxygens (including phenoxy) is 4. The van der Waals surface area contributed by atoms with Gasteiger partial charge in [-0.1, -0.05) is 50.2 Å².